The molecular formula is C62H43NS. The van der Waals surface area contributed by atoms with Crippen LogP contribution in [0.1, 0.15) is 0 Å². The summed E-state index contributed by atoms with van der Waals surface area (Å²) in [6, 6.07) is 96.3. The van der Waals surface area contributed by atoms with E-state index in [2.05, 4.69) is 266 Å². The highest BCUT2D eigenvalue weighted by molar-refractivity contribution is 8.34. The molecule has 11 aromatic rings. The molecule has 0 atom stereocenters. The van der Waals surface area contributed by atoms with Gasteiger partial charge in [0.2, 0.25) is 0 Å². The fraction of sp³-hybridized carbons (Fsp3) is 0. The zero-order valence-electron chi connectivity index (χ0n) is 35.2. The Morgan fingerprint density at radius 1 is 0.250 bits per heavy atom. The summed E-state index contributed by atoms with van der Waals surface area (Å²) in [7, 11) is -1.78. The minimum atomic E-state index is -1.78. The van der Waals surface area contributed by atoms with E-state index < -0.39 is 10.0 Å². The van der Waals surface area contributed by atoms with E-state index in [1.54, 1.807) is 0 Å². The number of fused-ring (bicyclic) bond motifs is 5. The van der Waals surface area contributed by atoms with E-state index in [9.17, 15) is 0 Å². The predicted octanol–water partition coefficient (Wildman–Crippen LogP) is 17.8. The Balaban J connectivity index is 1.02. The number of hydrogen-bond acceptors (Lipinski definition) is 1. The van der Waals surface area contributed by atoms with Gasteiger partial charge in [0.1, 0.15) is 0 Å². The molecule has 0 bridgehead atoms. The summed E-state index contributed by atoms with van der Waals surface area (Å²) in [4.78, 5) is 7.91. The largest absolute Gasteiger partial charge is 0.310 e. The Labute approximate surface area is 376 Å². The smallest absolute Gasteiger partial charge is 0.0468 e. The van der Waals surface area contributed by atoms with Crippen molar-refractivity contribution >= 4 is 48.6 Å². The van der Waals surface area contributed by atoms with Gasteiger partial charge in [0.05, 0.1) is 0 Å². The molecule has 12 rings (SSSR count). The highest BCUT2D eigenvalue weighted by atomic mass is 32.3. The van der Waals surface area contributed by atoms with E-state index in [-0.39, 0.29) is 0 Å². The maximum atomic E-state index is 2.51. The van der Waals surface area contributed by atoms with Crippen LogP contribution < -0.4 is 4.90 Å². The molecule has 0 amide bonds. The van der Waals surface area contributed by atoms with E-state index >= 15 is 0 Å². The minimum absolute atomic E-state index is 1.10. The molecule has 0 unspecified atom stereocenters. The van der Waals surface area contributed by atoms with Crippen molar-refractivity contribution in [1.29, 1.82) is 0 Å². The Morgan fingerprint density at radius 3 is 1.33 bits per heavy atom. The van der Waals surface area contributed by atoms with Crippen molar-refractivity contribution in [3.63, 3.8) is 0 Å². The highest BCUT2D eigenvalue weighted by Crippen LogP contribution is 2.80. The van der Waals surface area contributed by atoms with Crippen LogP contribution in [0.4, 0.5) is 17.1 Å². The zero-order chi connectivity index (χ0) is 42.5. The van der Waals surface area contributed by atoms with Crippen LogP contribution in [-0.4, -0.2) is 0 Å². The van der Waals surface area contributed by atoms with Gasteiger partial charge in [-0.3, -0.25) is 0 Å². The highest BCUT2D eigenvalue weighted by Gasteiger charge is 2.42. The van der Waals surface area contributed by atoms with Crippen molar-refractivity contribution in [2.24, 2.45) is 0 Å². The summed E-state index contributed by atoms with van der Waals surface area (Å²) >= 11 is 0. The summed E-state index contributed by atoms with van der Waals surface area (Å²) in [5.74, 6) is 0. The Kier molecular flexibility index (Phi) is 9.32. The number of benzene rings is 11. The van der Waals surface area contributed by atoms with Gasteiger partial charge in [-0.15, -0.1) is 10.0 Å². The lowest BCUT2D eigenvalue weighted by atomic mass is 9.91. The van der Waals surface area contributed by atoms with E-state index in [0.29, 0.717) is 0 Å². The first-order valence-corrected chi connectivity index (χ1v) is 23.6. The molecule has 1 nitrogen and oxygen atoms in total. The number of anilines is 3. The molecule has 0 N–H and O–H groups in total. The number of nitrogens with zero attached hydrogens (tertiary/aromatic N) is 1. The molecule has 0 aliphatic carbocycles. The molecule has 2 heteroatoms. The maximum Gasteiger partial charge on any atom is 0.0468 e. The van der Waals surface area contributed by atoms with Crippen molar-refractivity contribution in [1.82, 2.24) is 0 Å². The molecule has 1 aliphatic rings. The molecule has 1 heterocycles. The summed E-state index contributed by atoms with van der Waals surface area (Å²) in [6.07, 6.45) is 0. The van der Waals surface area contributed by atoms with Crippen LogP contribution in [-0.2, 0) is 0 Å². The molecule has 0 spiro atoms. The van der Waals surface area contributed by atoms with Crippen molar-refractivity contribution in [2.75, 3.05) is 4.90 Å². The van der Waals surface area contributed by atoms with Gasteiger partial charge in [-0.05, 0) is 145 Å². The van der Waals surface area contributed by atoms with Crippen LogP contribution in [0.25, 0.3) is 66.1 Å². The number of rotatable bonds is 8. The number of hydrogen-bond donors (Lipinski definition) is 0. The third-order valence-corrected chi connectivity index (χ3v) is 16.8. The van der Waals surface area contributed by atoms with Crippen LogP contribution >= 0.6 is 10.0 Å². The van der Waals surface area contributed by atoms with Gasteiger partial charge in [0.25, 0.3) is 0 Å². The topological polar surface area (TPSA) is 3.24 Å². The summed E-state index contributed by atoms with van der Waals surface area (Å²) in [6.45, 7) is 0. The molecule has 302 valence electrons. The average molecular weight is 834 g/mol. The minimum Gasteiger partial charge on any atom is -0.310 e. The fourth-order valence-corrected chi connectivity index (χ4v) is 14.2. The molecule has 64 heavy (non-hydrogen) atoms. The third kappa shape index (κ3) is 6.26. The van der Waals surface area contributed by atoms with Crippen LogP contribution in [0.3, 0.4) is 0 Å². The van der Waals surface area contributed by atoms with Gasteiger partial charge in [-0.25, -0.2) is 0 Å². The van der Waals surface area contributed by atoms with Gasteiger partial charge in [0.15, 0.2) is 0 Å². The zero-order valence-corrected chi connectivity index (χ0v) is 36.0. The molecule has 0 fully saturated rings. The van der Waals surface area contributed by atoms with Crippen molar-refractivity contribution in [3.05, 3.63) is 261 Å². The van der Waals surface area contributed by atoms with Gasteiger partial charge >= 0.3 is 0 Å². The normalized spacial score (nSPS) is 13.0. The Hall–Kier alpha value is -7.91. The standard InChI is InChI=1S/C62H43NS/c1-5-17-44(18-6-1)45-31-36-51(37-32-45)63(52-38-33-47(34-39-52)57-29-16-22-48-21-15-28-56(62(48)57)46-19-7-2-8-20-46)53-40-35-49-42-59-58-27-13-14-30-60(58)64(54-23-9-3-10-24-54,55-25-11-4-12-26-55)61(59)43-50(49)41-53/h1-43H. The average Bonchev–Trinajstić information content (AvgIpc) is 3.66. The monoisotopic (exact) mass is 833 g/mol. The first kappa shape index (κ1) is 37.8. The lowest BCUT2D eigenvalue weighted by Crippen LogP contribution is -2.10. The summed E-state index contributed by atoms with van der Waals surface area (Å²) in [5.41, 5.74) is 13.2. The van der Waals surface area contributed by atoms with Crippen LogP contribution in [0.15, 0.2) is 280 Å². The van der Waals surface area contributed by atoms with E-state index in [0.717, 1.165) is 17.1 Å². The van der Waals surface area contributed by atoms with E-state index in [4.69, 9.17) is 0 Å². The fourth-order valence-electron chi connectivity index (χ4n) is 9.95. The summed E-state index contributed by atoms with van der Waals surface area (Å²) < 4.78 is 0. The van der Waals surface area contributed by atoms with Crippen LogP contribution in [0, 0.1) is 0 Å². The van der Waals surface area contributed by atoms with Crippen molar-refractivity contribution in [3.8, 4) is 44.5 Å². The Bertz CT molecular complexity index is 3410. The Morgan fingerprint density at radius 2 is 0.719 bits per heavy atom. The van der Waals surface area contributed by atoms with Crippen molar-refractivity contribution < 1.29 is 0 Å². The van der Waals surface area contributed by atoms with Gasteiger partial charge in [0, 0.05) is 36.6 Å². The molecule has 0 aromatic heterocycles. The summed E-state index contributed by atoms with van der Waals surface area (Å²) in [5, 5.41) is 4.96. The van der Waals surface area contributed by atoms with E-state index in [1.807, 2.05) is 0 Å². The molecule has 0 radical (unpaired) electrons. The second-order valence-electron chi connectivity index (χ2n) is 16.5. The lowest BCUT2D eigenvalue weighted by molar-refractivity contribution is 1.28. The second kappa shape index (κ2) is 15.8. The molecule has 0 saturated carbocycles. The first-order valence-electron chi connectivity index (χ1n) is 22.0. The van der Waals surface area contributed by atoms with Gasteiger partial charge in [-0.2, -0.15) is 0 Å². The molecule has 0 saturated heterocycles. The molecular weight excluding hydrogens is 791 g/mol. The molecule has 1 aliphatic heterocycles. The lowest BCUT2D eigenvalue weighted by Gasteiger charge is -2.39. The molecule has 11 aromatic carbocycles. The van der Waals surface area contributed by atoms with E-state index in [1.165, 1.54) is 85.6 Å². The maximum absolute atomic E-state index is 2.51. The van der Waals surface area contributed by atoms with Gasteiger partial charge < -0.3 is 4.90 Å². The van der Waals surface area contributed by atoms with Crippen LogP contribution in [0.2, 0.25) is 0 Å². The third-order valence-electron chi connectivity index (χ3n) is 12.9. The van der Waals surface area contributed by atoms with Crippen molar-refractivity contribution in [2.45, 2.75) is 19.6 Å². The quantitative estimate of drug-likeness (QED) is 0.147. The SMILES string of the molecule is c1ccc(-c2ccc(N(c3ccc(-c4cccc5cccc(-c6ccccc6)c45)cc3)c3ccc4cc5c(cc4c3)S(c3ccccc3)(c3ccccc3)c3ccccc3-5)cc2)cc1. The van der Waals surface area contributed by atoms with Crippen LogP contribution in [0.5, 0.6) is 0 Å². The predicted molar refractivity (Wildman–Crippen MR) is 271 cm³/mol. The second-order valence-corrected chi connectivity index (χ2v) is 19.5. The first-order chi connectivity index (χ1) is 31.7. The van der Waals surface area contributed by atoms with Gasteiger partial charge in [-0.1, -0.05) is 182 Å².